The quantitative estimate of drug-likeness (QED) is 0.686. The van der Waals surface area contributed by atoms with Gasteiger partial charge in [0.05, 0.1) is 0 Å². The molecule has 0 aliphatic carbocycles. The van der Waals surface area contributed by atoms with E-state index in [-0.39, 0.29) is 5.92 Å². The average molecular weight is 324 g/mol. The minimum atomic E-state index is 0.189. The van der Waals surface area contributed by atoms with Crippen molar-refractivity contribution in [3.8, 4) is 0 Å². The molecule has 1 unspecified atom stereocenters. The predicted octanol–water partition coefficient (Wildman–Crippen LogP) is 3.20. The Morgan fingerprint density at radius 2 is 1.83 bits per heavy atom. The lowest BCUT2D eigenvalue weighted by atomic mass is 9.97. The normalized spacial score (nSPS) is 18.4. The van der Waals surface area contributed by atoms with E-state index in [0.717, 1.165) is 51.7 Å². The Morgan fingerprint density at radius 1 is 1.22 bits per heavy atom. The van der Waals surface area contributed by atoms with Gasteiger partial charge in [0, 0.05) is 32.1 Å². The predicted molar refractivity (Wildman–Crippen MR) is 98.4 cm³/mol. The lowest BCUT2D eigenvalue weighted by Gasteiger charge is -2.38. The lowest BCUT2D eigenvalue weighted by Crippen LogP contribution is -2.46. The Hall–Kier alpha value is -1.03. The molecular formula is C19H37N3O. The molecule has 1 saturated heterocycles. The first-order valence-electron chi connectivity index (χ1n) is 9.21. The molecule has 1 heterocycles. The van der Waals surface area contributed by atoms with Crippen LogP contribution in [0.25, 0.3) is 0 Å². The summed E-state index contributed by atoms with van der Waals surface area (Å²) in [6.07, 6.45) is 7.46. The van der Waals surface area contributed by atoms with E-state index in [1.54, 1.807) is 0 Å². The van der Waals surface area contributed by atoms with Crippen LogP contribution in [-0.2, 0) is 4.79 Å². The first kappa shape index (κ1) is 20.0. The van der Waals surface area contributed by atoms with E-state index >= 15 is 0 Å². The highest BCUT2D eigenvalue weighted by Gasteiger charge is 2.28. The molecule has 23 heavy (non-hydrogen) atoms. The Kier molecular flexibility index (Phi) is 8.67. The first-order valence-corrected chi connectivity index (χ1v) is 9.21. The van der Waals surface area contributed by atoms with E-state index in [4.69, 9.17) is 0 Å². The van der Waals surface area contributed by atoms with Crippen LogP contribution in [-0.4, -0.2) is 67.4 Å². The molecule has 134 valence electrons. The van der Waals surface area contributed by atoms with Crippen molar-refractivity contribution in [2.24, 2.45) is 5.92 Å². The summed E-state index contributed by atoms with van der Waals surface area (Å²) in [6.45, 7) is 9.32. The number of nitrogens with zero attached hydrogens (tertiary/aromatic N) is 3. The van der Waals surface area contributed by atoms with Gasteiger partial charge in [0.25, 0.3) is 0 Å². The number of rotatable bonds is 8. The van der Waals surface area contributed by atoms with Gasteiger partial charge in [-0.2, -0.15) is 0 Å². The Morgan fingerprint density at radius 3 is 2.30 bits per heavy atom. The number of likely N-dealkylation sites (tertiary alicyclic amines) is 1. The molecule has 0 N–H and O–H groups in total. The van der Waals surface area contributed by atoms with E-state index in [1.807, 2.05) is 0 Å². The van der Waals surface area contributed by atoms with Gasteiger partial charge >= 0.3 is 0 Å². The second-order valence-corrected chi connectivity index (χ2v) is 7.25. The maximum atomic E-state index is 12.7. The minimum Gasteiger partial charge on any atom is -0.377 e. The molecule has 0 aromatic rings. The largest absolute Gasteiger partial charge is 0.377 e. The van der Waals surface area contributed by atoms with Crippen LogP contribution in [0.1, 0.15) is 52.9 Å². The van der Waals surface area contributed by atoms with Crippen molar-refractivity contribution in [3.05, 3.63) is 11.8 Å². The molecule has 4 heteroatoms. The van der Waals surface area contributed by atoms with E-state index in [0.29, 0.717) is 11.9 Å². The number of allylic oxidation sites excluding steroid dienone is 1. The van der Waals surface area contributed by atoms with E-state index in [1.165, 1.54) is 5.57 Å². The topological polar surface area (TPSA) is 26.8 Å². The zero-order valence-corrected chi connectivity index (χ0v) is 16.1. The molecule has 0 aromatic heterocycles. The van der Waals surface area contributed by atoms with Crippen LogP contribution in [0.4, 0.5) is 0 Å². The number of piperidine rings is 1. The van der Waals surface area contributed by atoms with Gasteiger partial charge in [-0.05, 0) is 65.9 Å². The lowest BCUT2D eigenvalue weighted by molar-refractivity contribution is -0.137. The first-order chi connectivity index (χ1) is 10.9. The monoisotopic (exact) mass is 323 g/mol. The Labute approximate surface area is 143 Å². The number of carbonyl (C=O) groups excluding carboxylic acids is 1. The van der Waals surface area contributed by atoms with Gasteiger partial charge in [-0.25, -0.2) is 0 Å². The molecule has 4 nitrogen and oxygen atoms in total. The zero-order valence-electron chi connectivity index (χ0n) is 16.1. The van der Waals surface area contributed by atoms with Crippen molar-refractivity contribution in [1.82, 2.24) is 14.7 Å². The van der Waals surface area contributed by atoms with Gasteiger partial charge in [-0.1, -0.05) is 19.4 Å². The van der Waals surface area contributed by atoms with Crippen LogP contribution in [0.3, 0.4) is 0 Å². The van der Waals surface area contributed by atoms with Crippen LogP contribution in [0.15, 0.2) is 11.8 Å². The smallest absolute Gasteiger partial charge is 0.225 e. The fourth-order valence-electron chi connectivity index (χ4n) is 3.21. The summed E-state index contributed by atoms with van der Waals surface area (Å²) in [5, 5.41) is 0. The highest BCUT2D eigenvalue weighted by molar-refractivity contribution is 5.78. The van der Waals surface area contributed by atoms with E-state index in [9.17, 15) is 4.79 Å². The molecule has 1 amide bonds. The van der Waals surface area contributed by atoms with Gasteiger partial charge in [-0.15, -0.1) is 0 Å². The van der Waals surface area contributed by atoms with Crippen LogP contribution in [0.5, 0.6) is 0 Å². The summed E-state index contributed by atoms with van der Waals surface area (Å²) >= 11 is 0. The molecule has 1 rings (SSSR count). The fraction of sp³-hybridized carbons (Fsp3) is 0.842. The molecule has 0 spiro atoms. The molecule has 1 fully saturated rings. The molecule has 1 aliphatic heterocycles. The highest BCUT2D eigenvalue weighted by Crippen LogP contribution is 2.21. The molecule has 0 radical (unpaired) electrons. The van der Waals surface area contributed by atoms with Gasteiger partial charge in [0.1, 0.15) is 0 Å². The van der Waals surface area contributed by atoms with Gasteiger partial charge in [0.2, 0.25) is 5.91 Å². The van der Waals surface area contributed by atoms with Crippen LogP contribution in [0.2, 0.25) is 0 Å². The molecule has 1 atom stereocenters. The van der Waals surface area contributed by atoms with Crippen LogP contribution < -0.4 is 0 Å². The van der Waals surface area contributed by atoms with Gasteiger partial charge < -0.3 is 14.7 Å². The summed E-state index contributed by atoms with van der Waals surface area (Å²) in [5.74, 6) is 0.560. The third-order valence-electron chi connectivity index (χ3n) is 5.10. The van der Waals surface area contributed by atoms with E-state index in [2.05, 4.69) is 62.8 Å². The van der Waals surface area contributed by atoms with Crippen molar-refractivity contribution < 1.29 is 4.79 Å². The van der Waals surface area contributed by atoms with Gasteiger partial charge in [-0.3, -0.25) is 4.79 Å². The molecule has 0 aromatic carbocycles. The standard InChI is InChI=1S/C19H37N3O/c1-7-16(3)15-21(6)18-10-13-22(14-11-18)19(23)17(8-2)9-12-20(4)5/h15,17-18H,7-14H2,1-6H3/b16-15+. The van der Waals surface area contributed by atoms with Gasteiger partial charge in [0.15, 0.2) is 0 Å². The fourth-order valence-corrected chi connectivity index (χ4v) is 3.21. The number of hydrogen-bond donors (Lipinski definition) is 0. The third-order valence-corrected chi connectivity index (χ3v) is 5.10. The third kappa shape index (κ3) is 6.54. The summed E-state index contributed by atoms with van der Waals surface area (Å²) in [5.41, 5.74) is 1.42. The summed E-state index contributed by atoms with van der Waals surface area (Å²) < 4.78 is 0. The van der Waals surface area contributed by atoms with Crippen LogP contribution >= 0.6 is 0 Å². The van der Waals surface area contributed by atoms with Crippen molar-refractivity contribution in [2.75, 3.05) is 40.8 Å². The molecule has 0 saturated carbocycles. The molecular weight excluding hydrogens is 286 g/mol. The number of amides is 1. The van der Waals surface area contributed by atoms with Crippen LogP contribution in [0, 0.1) is 5.92 Å². The summed E-state index contributed by atoms with van der Waals surface area (Å²) in [6, 6.07) is 0.572. The summed E-state index contributed by atoms with van der Waals surface area (Å²) in [7, 11) is 6.32. The Bertz CT molecular complexity index is 384. The SMILES string of the molecule is CC/C(C)=C/N(C)C1CCN(C(=O)C(CC)CCN(C)C)CC1. The average Bonchev–Trinajstić information content (AvgIpc) is 2.54. The Balaban J connectivity index is 2.49. The van der Waals surface area contributed by atoms with Crippen molar-refractivity contribution in [2.45, 2.75) is 58.9 Å². The maximum absolute atomic E-state index is 12.7. The molecule has 0 bridgehead atoms. The highest BCUT2D eigenvalue weighted by atomic mass is 16.2. The molecule has 1 aliphatic rings. The van der Waals surface area contributed by atoms with Crippen molar-refractivity contribution >= 4 is 5.91 Å². The minimum absolute atomic E-state index is 0.189. The maximum Gasteiger partial charge on any atom is 0.225 e. The second-order valence-electron chi connectivity index (χ2n) is 7.25. The van der Waals surface area contributed by atoms with E-state index < -0.39 is 0 Å². The zero-order chi connectivity index (χ0) is 17.4. The number of hydrogen-bond acceptors (Lipinski definition) is 3. The number of carbonyl (C=O) groups is 1. The summed E-state index contributed by atoms with van der Waals surface area (Å²) in [4.78, 5) is 19.3. The van der Waals surface area contributed by atoms with Crippen molar-refractivity contribution in [3.63, 3.8) is 0 Å². The second kappa shape index (κ2) is 9.96. The van der Waals surface area contributed by atoms with Crippen molar-refractivity contribution in [1.29, 1.82) is 0 Å².